The number of carboxylic acids is 2. The zero-order valence-corrected chi connectivity index (χ0v) is 45.2. The van der Waals surface area contributed by atoms with Crippen LogP contribution in [0.3, 0.4) is 0 Å². The normalized spacial score (nSPS) is 18.4. The summed E-state index contributed by atoms with van der Waals surface area (Å²) in [4.78, 5) is 73.5. The summed E-state index contributed by atoms with van der Waals surface area (Å²) in [5.41, 5.74) is 1.87. The molecule has 4 amide bonds. The topological polar surface area (TPSA) is 309 Å². The fourth-order valence-corrected chi connectivity index (χ4v) is 8.21. The first-order chi connectivity index (χ1) is 31.9. The first-order valence-corrected chi connectivity index (χ1v) is 23.9. The predicted molar refractivity (Wildman–Crippen MR) is 262 cm³/mol. The van der Waals surface area contributed by atoms with Gasteiger partial charge < -0.3 is 30.6 Å². The average molecular weight is 997 g/mol. The molecule has 2 aliphatic heterocycles. The first-order valence-electron chi connectivity index (χ1n) is 23.9. The third-order valence-corrected chi connectivity index (χ3v) is 13.3. The molecule has 2 fully saturated rings. The Morgan fingerprint density at radius 1 is 0.521 bits per heavy atom. The largest absolute Gasteiger partial charge is 1.00 e. The smallest absolute Gasteiger partial charge is 0.870 e. The van der Waals surface area contributed by atoms with Crippen LogP contribution in [0.2, 0.25) is 0 Å². The number of imide groups is 2. The molecule has 8 N–H and O–H groups in total. The van der Waals surface area contributed by atoms with E-state index >= 15 is 0 Å². The zero-order chi connectivity index (χ0) is 52.0. The molecule has 2 aromatic rings. The van der Waals surface area contributed by atoms with Crippen molar-refractivity contribution in [3.05, 3.63) is 71.8 Å². The van der Waals surface area contributed by atoms with E-state index in [1.807, 2.05) is 123 Å². The molecule has 4 rings (SSSR count). The number of cyclic esters (lactones) is 2. The SMILES string of the molecule is CC[C@H](C(=O)N1C(=O)OC[C@@H]1c1ccccc1)[C@@H](C)CC.CC[C@H](C(=O)O)[C@@H](C)CC.CC[C@H](C)[C@@H](CC)C(=O)N1C(=O)O[C@H](c2ccccc2)[C@H]1C.CC[C@H](C)[C@@H](CC)C(=O)O.OO.OO.[Li+].[Li+].[OH-].[OH-]. The van der Waals surface area contributed by atoms with Gasteiger partial charge in [-0.2, -0.15) is 0 Å². The second kappa shape index (κ2) is 43.8. The van der Waals surface area contributed by atoms with Crippen molar-refractivity contribution in [2.45, 2.75) is 160 Å². The molecule has 2 saturated heterocycles. The van der Waals surface area contributed by atoms with Gasteiger partial charge in [0.25, 0.3) is 0 Å². The van der Waals surface area contributed by atoms with E-state index in [-0.39, 0.29) is 121 Å². The van der Waals surface area contributed by atoms with E-state index in [2.05, 4.69) is 27.7 Å². The van der Waals surface area contributed by atoms with Gasteiger partial charge >= 0.3 is 61.8 Å². The molecule has 2 heterocycles. The summed E-state index contributed by atoms with van der Waals surface area (Å²) in [7, 11) is 0. The Balaban J connectivity index is -0.000000200. The number of amides is 4. The number of ether oxygens (including phenoxy) is 2. The molecule has 20 heteroatoms. The maximum Gasteiger partial charge on any atom is 1.00 e. The molecule has 0 aliphatic carbocycles. The standard InChI is InChI=1S/C18H25NO3.C17H23NO3.2C8H16O2.2Li.2H2O2.2H2O/c1-5-12(3)15(6-2)17(20)19-13(4)16(22-18(19)21)14-10-8-7-9-11-14;1-4-12(3)14(5-2)16(19)18-15(11-21-17(18)20)13-9-7-6-8-10-13;2*1-4-6(3)7(5-2)8(9)10;;;2*1-2;;/h7-13,15-16H,5-6H2,1-4H3;6-10,12,14-15H,4-5,11H2,1-3H3;2*6-7H,4-5H2,1-3H3,(H,9,10);;;2*1-2H;2*1H2/q;;;;2*+1;;;;/p-2/t12-,13+,15+,16-;12-,14-,15+;6-,7+;6-,7-;;;;;;/m0000....../s1. The Bertz CT molecular complexity index is 1690. The molecule has 0 bridgehead atoms. The number of carboxylic acid groups (broad SMARTS) is 2. The Morgan fingerprint density at radius 3 is 1.13 bits per heavy atom. The maximum atomic E-state index is 12.8. The van der Waals surface area contributed by atoms with Crippen molar-refractivity contribution >= 4 is 35.9 Å². The summed E-state index contributed by atoms with van der Waals surface area (Å²) in [5, 5.41) is 41.3. The molecular formula is C51H86Li2N2O16. The molecule has 0 radical (unpaired) electrons. The van der Waals surface area contributed by atoms with Gasteiger partial charge in [0.1, 0.15) is 18.8 Å². The molecule has 0 spiro atoms. The summed E-state index contributed by atoms with van der Waals surface area (Å²) < 4.78 is 10.6. The summed E-state index contributed by atoms with van der Waals surface area (Å²) in [6.07, 6.45) is 5.27. The molecule has 2 aromatic carbocycles. The minimum atomic E-state index is -0.656. The van der Waals surface area contributed by atoms with Gasteiger partial charge in [0.05, 0.1) is 17.9 Å². The van der Waals surface area contributed by atoms with E-state index < -0.39 is 24.1 Å². The van der Waals surface area contributed by atoms with Crippen molar-refractivity contribution in [3.63, 3.8) is 0 Å². The van der Waals surface area contributed by atoms with Gasteiger partial charge in [0, 0.05) is 11.8 Å². The Labute approximate surface area is 447 Å². The van der Waals surface area contributed by atoms with Gasteiger partial charge in [-0.1, -0.05) is 169 Å². The van der Waals surface area contributed by atoms with Crippen LogP contribution in [-0.2, 0) is 28.7 Å². The molecule has 11 atom stereocenters. The fraction of sp³-hybridized carbons (Fsp3) is 0.647. The van der Waals surface area contributed by atoms with E-state index in [1.54, 1.807) is 0 Å². The van der Waals surface area contributed by atoms with E-state index in [4.69, 9.17) is 40.7 Å². The molecular weight excluding hydrogens is 910 g/mol. The van der Waals surface area contributed by atoms with Gasteiger partial charge in [-0.3, -0.25) is 40.2 Å². The number of carbonyl (C=O) groups is 6. The second-order valence-corrected chi connectivity index (χ2v) is 17.2. The van der Waals surface area contributed by atoms with E-state index in [0.29, 0.717) is 11.8 Å². The molecule has 0 saturated carbocycles. The van der Waals surface area contributed by atoms with Crippen LogP contribution >= 0.6 is 0 Å². The number of aliphatic carboxylic acids is 2. The predicted octanol–water partition coefficient (Wildman–Crippen LogP) is 5.92. The van der Waals surface area contributed by atoms with Crippen LogP contribution in [-0.4, -0.2) is 101 Å². The van der Waals surface area contributed by atoms with Crippen LogP contribution < -0.4 is 37.7 Å². The van der Waals surface area contributed by atoms with Crippen molar-refractivity contribution in [3.8, 4) is 0 Å². The van der Waals surface area contributed by atoms with Crippen molar-refractivity contribution in [2.24, 2.45) is 47.3 Å². The summed E-state index contributed by atoms with van der Waals surface area (Å²) >= 11 is 0. The fourth-order valence-electron chi connectivity index (χ4n) is 8.21. The van der Waals surface area contributed by atoms with Gasteiger partial charge in [-0.15, -0.1) is 0 Å². The van der Waals surface area contributed by atoms with Crippen LogP contribution in [0.25, 0.3) is 0 Å². The van der Waals surface area contributed by atoms with E-state index in [0.717, 1.165) is 62.5 Å². The molecule has 0 unspecified atom stereocenters. The third-order valence-electron chi connectivity index (χ3n) is 13.3. The molecule has 398 valence electrons. The van der Waals surface area contributed by atoms with Crippen molar-refractivity contribution in [2.75, 3.05) is 6.61 Å². The van der Waals surface area contributed by atoms with Gasteiger partial charge in [0.2, 0.25) is 11.8 Å². The Kier molecular flexibility index (Phi) is 48.5. The van der Waals surface area contributed by atoms with Crippen LogP contribution in [0.1, 0.15) is 165 Å². The van der Waals surface area contributed by atoms with E-state index in [1.165, 1.54) is 9.80 Å². The van der Waals surface area contributed by atoms with Crippen LogP contribution in [0.4, 0.5) is 9.59 Å². The second-order valence-electron chi connectivity index (χ2n) is 17.2. The summed E-state index contributed by atoms with van der Waals surface area (Å²) in [5.74, 6) is -0.952. The average Bonchev–Trinajstić information content (AvgIpc) is 3.88. The van der Waals surface area contributed by atoms with Crippen molar-refractivity contribution < 1.29 is 118 Å². The monoisotopic (exact) mass is 997 g/mol. The molecule has 0 aromatic heterocycles. The Morgan fingerprint density at radius 2 is 0.831 bits per heavy atom. The van der Waals surface area contributed by atoms with Gasteiger partial charge in [-0.05, 0) is 67.4 Å². The van der Waals surface area contributed by atoms with Crippen LogP contribution in [0.15, 0.2) is 60.7 Å². The third kappa shape index (κ3) is 24.7. The number of rotatable bonds is 18. The molecule has 18 nitrogen and oxygen atoms in total. The number of benzene rings is 2. The quantitative estimate of drug-likeness (QED) is 0.0573. The Hall–Kier alpha value is -3.79. The number of hydrogen-bond acceptors (Lipinski definition) is 14. The summed E-state index contributed by atoms with van der Waals surface area (Å²) in [6.45, 7) is 26.2. The molecule has 71 heavy (non-hydrogen) atoms. The van der Waals surface area contributed by atoms with Gasteiger partial charge in [0.15, 0.2) is 0 Å². The van der Waals surface area contributed by atoms with Crippen molar-refractivity contribution in [1.29, 1.82) is 0 Å². The van der Waals surface area contributed by atoms with Crippen molar-refractivity contribution in [1.82, 2.24) is 9.80 Å². The number of hydrogen-bond donors (Lipinski definition) is 6. The number of nitrogens with zero attached hydrogens (tertiary/aromatic N) is 2. The van der Waals surface area contributed by atoms with Crippen LogP contribution in [0.5, 0.6) is 0 Å². The molecule has 2 aliphatic rings. The van der Waals surface area contributed by atoms with E-state index in [9.17, 15) is 28.8 Å². The summed E-state index contributed by atoms with van der Waals surface area (Å²) in [6, 6.07) is 18.6. The van der Waals surface area contributed by atoms with Crippen LogP contribution in [0, 0.1) is 47.3 Å². The minimum Gasteiger partial charge on any atom is -0.870 e. The van der Waals surface area contributed by atoms with Gasteiger partial charge in [-0.25, -0.2) is 19.4 Å². The maximum absolute atomic E-state index is 12.8. The zero-order valence-electron chi connectivity index (χ0n) is 45.2. The number of carbonyl (C=O) groups excluding carboxylic acids is 4. The first kappa shape index (κ1) is 78.6. The minimum absolute atomic E-state index is 0.